The molecule has 2 aromatic rings. The van der Waals surface area contributed by atoms with Crippen LogP contribution in [-0.4, -0.2) is 38.2 Å². The first-order valence-corrected chi connectivity index (χ1v) is 12.0. The Balaban J connectivity index is 1.53. The van der Waals surface area contributed by atoms with Gasteiger partial charge in [-0.15, -0.1) is 0 Å². The molecule has 2 amide bonds. The lowest BCUT2D eigenvalue weighted by atomic mass is 9.96. The van der Waals surface area contributed by atoms with E-state index in [9.17, 15) is 18.0 Å². The molecule has 1 aliphatic rings. The minimum absolute atomic E-state index is 0.0398. The van der Waals surface area contributed by atoms with Gasteiger partial charge >= 0.3 is 0 Å². The van der Waals surface area contributed by atoms with Gasteiger partial charge in [0, 0.05) is 31.5 Å². The average molecular weight is 444 g/mol. The number of amides is 2. The summed E-state index contributed by atoms with van der Waals surface area (Å²) in [6.45, 7) is 2.91. The highest BCUT2D eigenvalue weighted by Gasteiger charge is 2.25. The second kappa shape index (κ2) is 10.1. The highest BCUT2D eigenvalue weighted by molar-refractivity contribution is 7.89. The molecule has 0 unspecified atom stereocenters. The number of rotatable bonds is 8. The Morgan fingerprint density at radius 3 is 2.26 bits per heavy atom. The molecule has 0 aliphatic carbocycles. The Kier molecular flexibility index (Phi) is 7.46. The number of aryl methyl sites for hydroxylation is 1. The number of benzene rings is 2. The molecule has 3 rings (SSSR count). The van der Waals surface area contributed by atoms with E-state index in [4.69, 9.17) is 5.73 Å². The van der Waals surface area contributed by atoms with E-state index in [0.717, 1.165) is 11.1 Å². The predicted octanol–water partition coefficient (Wildman–Crippen LogP) is 2.38. The second-order valence-electron chi connectivity index (χ2n) is 7.96. The minimum atomic E-state index is -3.65. The molecule has 1 fully saturated rings. The third kappa shape index (κ3) is 6.15. The SMILES string of the molecule is C[C@H](NS(=O)(=O)c1ccc(CCC(=O)N2CCC(C(N)=O)CC2)cc1)c1ccccc1. The Labute approximate surface area is 183 Å². The maximum atomic E-state index is 12.7. The van der Waals surface area contributed by atoms with Gasteiger partial charge in [-0.2, -0.15) is 0 Å². The lowest BCUT2D eigenvalue weighted by Gasteiger charge is -2.30. The van der Waals surface area contributed by atoms with Crippen molar-refractivity contribution in [2.75, 3.05) is 13.1 Å². The van der Waals surface area contributed by atoms with Crippen molar-refractivity contribution in [3.8, 4) is 0 Å². The van der Waals surface area contributed by atoms with Crippen molar-refractivity contribution >= 4 is 21.8 Å². The van der Waals surface area contributed by atoms with Crippen LogP contribution in [-0.2, 0) is 26.0 Å². The van der Waals surface area contributed by atoms with Gasteiger partial charge in [0.15, 0.2) is 0 Å². The molecule has 1 heterocycles. The van der Waals surface area contributed by atoms with Crippen molar-refractivity contribution < 1.29 is 18.0 Å². The number of likely N-dealkylation sites (tertiary alicyclic amines) is 1. The molecule has 0 spiro atoms. The molecule has 2 aromatic carbocycles. The largest absolute Gasteiger partial charge is 0.369 e. The van der Waals surface area contributed by atoms with Crippen LogP contribution in [0, 0.1) is 5.92 Å². The minimum Gasteiger partial charge on any atom is -0.369 e. The monoisotopic (exact) mass is 443 g/mol. The number of carbonyl (C=O) groups is 2. The third-order valence-corrected chi connectivity index (χ3v) is 7.30. The van der Waals surface area contributed by atoms with E-state index in [1.165, 1.54) is 0 Å². The van der Waals surface area contributed by atoms with Crippen LogP contribution in [0.3, 0.4) is 0 Å². The van der Waals surface area contributed by atoms with Crippen LogP contribution in [0.1, 0.15) is 43.4 Å². The first kappa shape index (κ1) is 23.0. The summed E-state index contributed by atoms with van der Waals surface area (Å²) in [5.74, 6) is -0.399. The third-order valence-electron chi connectivity index (χ3n) is 5.74. The molecule has 0 aromatic heterocycles. The van der Waals surface area contributed by atoms with E-state index in [-0.39, 0.29) is 28.7 Å². The van der Waals surface area contributed by atoms with Gasteiger partial charge in [-0.1, -0.05) is 42.5 Å². The number of sulfonamides is 1. The topological polar surface area (TPSA) is 110 Å². The molecule has 1 aliphatic heterocycles. The molecule has 31 heavy (non-hydrogen) atoms. The van der Waals surface area contributed by atoms with Crippen molar-refractivity contribution in [2.45, 2.75) is 43.5 Å². The summed E-state index contributed by atoms with van der Waals surface area (Å²) >= 11 is 0. The van der Waals surface area contributed by atoms with Crippen molar-refractivity contribution in [3.63, 3.8) is 0 Å². The van der Waals surface area contributed by atoms with Gasteiger partial charge in [-0.05, 0) is 49.4 Å². The maximum Gasteiger partial charge on any atom is 0.241 e. The zero-order valence-corrected chi connectivity index (χ0v) is 18.5. The first-order chi connectivity index (χ1) is 14.8. The summed E-state index contributed by atoms with van der Waals surface area (Å²) in [4.78, 5) is 25.6. The van der Waals surface area contributed by atoms with Gasteiger partial charge in [0.05, 0.1) is 4.90 Å². The van der Waals surface area contributed by atoms with E-state index in [1.54, 1.807) is 36.1 Å². The fourth-order valence-electron chi connectivity index (χ4n) is 3.77. The summed E-state index contributed by atoms with van der Waals surface area (Å²) in [5.41, 5.74) is 7.12. The van der Waals surface area contributed by atoms with E-state index in [0.29, 0.717) is 38.8 Å². The number of piperidine rings is 1. The molecule has 1 atom stereocenters. The number of hydrogen-bond acceptors (Lipinski definition) is 4. The maximum absolute atomic E-state index is 12.7. The number of nitrogens with two attached hydrogens (primary N) is 1. The number of primary amides is 1. The second-order valence-corrected chi connectivity index (χ2v) is 9.67. The van der Waals surface area contributed by atoms with Gasteiger partial charge < -0.3 is 10.6 Å². The highest BCUT2D eigenvalue weighted by Crippen LogP contribution is 2.19. The lowest BCUT2D eigenvalue weighted by Crippen LogP contribution is -2.41. The summed E-state index contributed by atoms with van der Waals surface area (Å²) in [6.07, 6.45) is 2.10. The van der Waals surface area contributed by atoms with E-state index >= 15 is 0 Å². The van der Waals surface area contributed by atoms with Gasteiger partial charge in [0.2, 0.25) is 21.8 Å². The average Bonchev–Trinajstić information content (AvgIpc) is 2.78. The molecule has 166 valence electrons. The van der Waals surface area contributed by atoms with Gasteiger partial charge in [-0.3, -0.25) is 9.59 Å². The number of hydrogen-bond donors (Lipinski definition) is 2. The molecule has 7 nitrogen and oxygen atoms in total. The van der Waals surface area contributed by atoms with Crippen LogP contribution in [0.15, 0.2) is 59.5 Å². The molecule has 0 radical (unpaired) electrons. The fraction of sp³-hybridized carbons (Fsp3) is 0.391. The zero-order chi connectivity index (χ0) is 22.4. The molecule has 0 saturated carbocycles. The van der Waals surface area contributed by atoms with Crippen molar-refractivity contribution in [1.82, 2.24) is 9.62 Å². The van der Waals surface area contributed by atoms with E-state index in [2.05, 4.69) is 4.72 Å². The van der Waals surface area contributed by atoms with Crippen LogP contribution >= 0.6 is 0 Å². The fourth-order valence-corrected chi connectivity index (χ4v) is 5.00. The van der Waals surface area contributed by atoms with Crippen LogP contribution in [0.2, 0.25) is 0 Å². The molecular weight excluding hydrogens is 414 g/mol. The van der Waals surface area contributed by atoms with Gasteiger partial charge in [0.25, 0.3) is 0 Å². The molecular formula is C23H29N3O4S. The molecule has 0 bridgehead atoms. The van der Waals surface area contributed by atoms with Crippen LogP contribution in [0.4, 0.5) is 0 Å². The smallest absolute Gasteiger partial charge is 0.241 e. The standard InChI is InChI=1S/C23H29N3O4S/c1-17(19-5-3-2-4-6-19)25-31(29,30)21-10-7-18(8-11-21)9-12-22(27)26-15-13-20(14-16-26)23(24)28/h2-8,10-11,17,20,25H,9,12-16H2,1H3,(H2,24,28)/t17-/m0/s1. The number of nitrogens with one attached hydrogen (secondary N) is 1. The van der Waals surface area contributed by atoms with Crippen molar-refractivity contribution in [1.29, 1.82) is 0 Å². The Bertz CT molecular complexity index is 999. The van der Waals surface area contributed by atoms with E-state index in [1.807, 2.05) is 30.3 Å². The molecule has 1 saturated heterocycles. The lowest BCUT2D eigenvalue weighted by molar-refractivity contribution is -0.134. The first-order valence-electron chi connectivity index (χ1n) is 10.5. The molecule has 8 heteroatoms. The van der Waals surface area contributed by atoms with Crippen molar-refractivity contribution in [3.05, 3.63) is 65.7 Å². The van der Waals surface area contributed by atoms with Crippen molar-refractivity contribution in [2.24, 2.45) is 11.7 Å². The number of nitrogens with zero attached hydrogens (tertiary/aromatic N) is 1. The van der Waals surface area contributed by atoms with Gasteiger partial charge in [-0.25, -0.2) is 13.1 Å². The molecule has 3 N–H and O–H groups in total. The summed E-state index contributed by atoms with van der Waals surface area (Å²) < 4.78 is 28.0. The van der Waals surface area contributed by atoms with Gasteiger partial charge in [0.1, 0.15) is 0 Å². The Morgan fingerprint density at radius 2 is 1.68 bits per heavy atom. The summed E-state index contributed by atoms with van der Waals surface area (Å²) in [7, 11) is -3.65. The Morgan fingerprint density at radius 1 is 1.06 bits per heavy atom. The highest BCUT2D eigenvalue weighted by atomic mass is 32.2. The predicted molar refractivity (Wildman–Crippen MR) is 118 cm³/mol. The van der Waals surface area contributed by atoms with Crippen LogP contribution in [0.25, 0.3) is 0 Å². The Hall–Kier alpha value is -2.71. The summed E-state index contributed by atoms with van der Waals surface area (Å²) in [5, 5.41) is 0. The summed E-state index contributed by atoms with van der Waals surface area (Å²) in [6, 6.07) is 15.7. The normalized spacial score (nSPS) is 16.1. The number of carbonyl (C=O) groups excluding carboxylic acids is 2. The quantitative estimate of drug-likeness (QED) is 0.653. The van der Waals surface area contributed by atoms with Crippen LogP contribution in [0.5, 0.6) is 0 Å². The van der Waals surface area contributed by atoms with E-state index < -0.39 is 10.0 Å². The van der Waals surface area contributed by atoms with Crippen LogP contribution < -0.4 is 10.5 Å². The zero-order valence-electron chi connectivity index (χ0n) is 17.7.